The van der Waals surface area contributed by atoms with Crippen LogP contribution < -0.4 is 0 Å². The summed E-state index contributed by atoms with van der Waals surface area (Å²) in [5.41, 5.74) is 0.0931. The molecule has 1 aliphatic rings. The molecule has 0 radical (unpaired) electrons. The first-order valence-electron chi connectivity index (χ1n) is 6.30. The van der Waals surface area contributed by atoms with E-state index >= 15 is 0 Å². The van der Waals surface area contributed by atoms with E-state index in [1.807, 2.05) is 0 Å². The second-order valence-corrected chi connectivity index (χ2v) is 4.92. The quantitative estimate of drug-likeness (QED) is 0.847. The lowest BCUT2D eigenvalue weighted by Crippen LogP contribution is -2.12. The second kappa shape index (κ2) is 5.58. The number of hydrogen-bond acceptors (Lipinski definition) is 1. The highest BCUT2D eigenvalue weighted by Crippen LogP contribution is 2.32. The van der Waals surface area contributed by atoms with Crippen molar-refractivity contribution in [1.29, 1.82) is 0 Å². The van der Waals surface area contributed by atoms with Crippen molar-refractivity contribution in [2.75, 3.05) is 0 Å². The van der Waals surface area contributed by atoms with Gasteiger partial charge in [-0.3, -0.25) is 0 Å². The van der Waals surface area contributed by atoms with E-state index in [9.17, 15) is 13.9 Å². The molecule has 0 amide bonds. The summed E-state index contributed by atoms with van der Waals surface area (Å²) in [4.78, 5) is 0. The molecule has 0 aliphatic heterocycles. The maximum Gasteiger partial charge on any atom is 0.129 e. The first kappa shape index (κ1) is 12.5. The predicted octanol–water partition coefficient (Wildman–Crippen LogP) is 3.97. The first-order valence-corrected chi connectivity index (χ1v) is 6.30. The minimum absolute atomic E-state index is 0.0931. The van der Waals surface area contributed by atoms with Crippen molar-refractivity contribution in [3.8, 4) is 0 Å². The van der Waals surface area contributed by atoms with Gasteiger partial charge in [0.05, 0.1) is 6.10 Å². The number of benzene rings is 1. The Kier molecular flexibility index (Phi) is 4.11. The Hall–Kier alpha value is -0.960. The van der Waals surface area contributed by atoms with Crippen molar-refractivity contribution >= 4 is 0 Å². The van der Waals surface area contributed by atoms with Crippen LogP contribution in [0.2, 0.25) is 0 Å². The van der Waals surface area contributed by atoms with E-state index in [1.165, 1.54) is 19.3 Å². The van der Waals surface area contributed by atoms with Gasteiger partial charge >= 0.3 is 0 Å². The van der Waals surface area contributed by atoms with Gasteiger partial charge in [0, 0.05) is 5.56 Å². The fourth-order valence-electron chi connectivity index (χ4n) is 2.64. The van der Waals surface area contributed by atoms with E-state index in [0.717, 1.165) is 31.0 Å². The molecule has 1 aliphatic carbocycles. The molecule has 0 aromatic heterocycles. The normalized spacial score (nSPS) is 19.2. The van der Waals surface area contributed by atoms with Gasteiger partial charge in [-0.1, -0.05) is 32.1 Å². The third-order valence-electron chi connectivity index (χ3n) is 3.60. The maximum atomic E-state index is 13.4. The Morgan fingerprint density at radius 1 is 1.18 bits per heavy atom. The zero-order valence-electron chi connectivity index (χ0n) is 9.83. The van der Waals surface area contributed by atoms with Crippen molar-refractivity contribution in [2.24, 2.45) is 5.92 Å². The molecule has 17 heavy (non-hydrogen) atoms. The molecular formula is C14H18F2O. The minimum atomic E-state index is -0.881. The summed E-state index contributed by atoms with van der Waals surface area (Å²) in [7, 11) is 0. The smallest absolute Gasteiger partial charge is 0.129 e. The molecule has 0 saturated heterocycles. The van der Waals surface area contributed by atoms with Crippen LogP contribution in [0.25, 0.3) is 0 Å². The summed E-state index contributed by atoms with van der Waals surface area (Å²) in [5, 5.41) is 9.97. The van der Waals surface area contributed by atoms with Crippen LogP contribution in [0, 0.1) is 17.6 Å². The molecule has 1 aromatic rings. The highest BCUT2D eigenvalue weighted by Gasteiger charge is 2.20. The summed E-state index contributed by atoms with van der Waals surface area (Å²) in [5.74, 6) is -0.569. The summed E-state index contributed by atoms with van der Waals surface area (Å²) < 4.78 is 26.5. The van der Waals surface area contributed by atoms with Crippen molar-refractivity contribution in [2.45, 2.75) is 44.6 Å². The summed E-state index contributed by atoms with van der Waals surface area (Å²) >= 11 is 0. The van der Waals surface area contributed by atoms with Gasteiger partial charge < -0.3 is 5.11 Å². The average molecular weight is 240 g/mol. The fraction of sp³-hybridized carbons (Fsp3) is 0.571. The molecule has 3 heteroatoms. The van der Waals surface area contributed by atoms with E-state index in [0.29, 0.717) is 12.3 Å². The third kappa shape index (κ3) is 3.25. The SMILES string of the molecule is OC(CC1CCCCC1)c1cc(F)ccc1F. The largest absolute Gasteiger partial charge is 0.388 e. The lowest BCUT2D eigenvalue weighted by atomic mass is 9.84. The Morgan fingerprint density at radius 3 is 2.59 bits per heavy atom. The Bertz CT molecular complexity index is 372. The molecule has 1 nitrogen and oxygen atoms in total. The maximum absolute atomic E-state index is 13.4. The zero-order valence-corrected chi connectivity index (χ0v) is 9.83. The summed E-state index contributed by atoms with van der Waals surface area (Å²) in [6, 6.07) is 3.25. The van der Waals surface area contributed by atoms with E-state index in [1.54, 1.807) is 0 Å². The van der Waals surface area contributed by atoms with Crippen molar-refractivity contribution in [1.82, 2.24) is 0 Å². The second-order valence-electron chi connectivity index (χ2n) is 4.92. The molecule has 1 N–H and O–H groups in total. The van der Waals surface area contributed by atoms with E-state index in [-0.39, 0.29) is 5.56 Å². The van der Waals surface area contributed by atoms with Crippen LogP contribution in [-0.4, -0.2) is 5.11 Å². The van der Waals surface area contributed by atoms with Gasteiger partial charge in [0.25, 0.3) is 0 Å². The molecular weight excluding hydrogens is 222 g/mol. The van der Waals surface area contributed by atoms with Gasteiger partial charge in [0.2, 0.25) is 0 Å². The van der Waals surface area contributed by atoms with E-state index in [4.69, 9.17) is 0 Å². The molecule has 2 rings (SSSR count). The molecule has 1 unspecified atom stereocenters. The third-order valence-corrected chi connectivity index (χ3v) is 3.60. The summed E-state index contributed by atoms with van der Waals surface area (Å²) in [6.45, 7) is 0. The van der Waals surface area contributed by atoms with Gasteiger partial charge in [-0.05, 0) is 30.5 Å². The molecule has 94 valence electrons. The van der Waals surface area contributed by atoms with Crippen molar-refractivity contribution < 1.29 is 13.9 Å². The van der Waals surface area contributed by atoms with Crippen molar-refractivity contribution in [3.63, 3.8) is 0 Å². The summed E-state index contributed by atoms with van der Waals surface area (Å²) in [6.07, 6.45) is 5.46. The molecule has 0 bridgehead atoms. The highest BCUT2D eigenvalue weighted by molar-refractivity contribution is 5.21. The van der Waals surface area contributed by atoms with Gasteiger partial charge in [-0.15, -0.1) is 0 Å². The van der Waals surface area contributed by atoms with Crippen LogP contribution in [0.1, 0.15) is 50.2 Å². The van der Waals surface area contributed by atoms with Crippen molar-refractivity contribution in [3.05, 3.63) is 35.4 Å². The van der Waals surface area contributed by atoms with Crippen LogP contribution >= 0.6 is 0 Å². The molecule has 1 fully saturated rings. The predicted molar refractivity (Wildman–Crippen MR) is 62.5 cm³/mol. The van der Waals surface area contributed by atoms with Crippen LogP contribution in [0.4, 0.5) is 8.78 Å². The number of aliphatic hydroxyl groups is 1. The molecule has 0 spiro atoms. The van der Waals surface area contributed by atoms with E-state index < -0.39 is 17.7 Å². The minimum Gasteiger partial charge on any atom is -0.388 e. The average Bonchev–Trinajstić information content (AvgIpc) is 2.33. The van der Waals surface area contributed by atoms with E-state index in [2.05, 4.69) is 0 Å². The molecule has 1 atom stereocenters. The van der Waals surface area contributed by atoms with Crippen LogP contribution in [-0.2, 0) is 0 Å². The standard InChI is InChI=1S/C14H18F2O/c15-11-6-7-13(16)12(9-11)14(17)8-10-4-2-1-3-5-10/h6-7,9-10,14,17H,1-5,8H2. The molecule has 0 heterocycles. The topological polar surface area (TPSA) is 20.2 Å². The lowest BCUT2D eigenvalue weighted by Gasteiger charge is -2.24. The lowest BCUT2D eigenvalue weighted by molar-refractivity contribution is 0.127. The number of halogens is 2. The first-order chi connectivity index (χ1) is 8.16. The number of rotatable bonds is 3. The van der Waals surface area contributed by atoms with Crippen LogP contribution in [0.3, 0.4) is 0 Å². The van der Waals surface area contributed by atoms with Crippen LogP contribution in [0.5, 0.6) is 0 Å². The Balaban J connectivity index is 2.02. The fourth-order valence-corrected chi connectivity index (χ4v) is 2.64. The van der Waals surface area contributed by atoms with Gasteiger partial charge in [-0.25, -0.2) is 8.78 Å². The Morgan fingerprint density at radius 2 is 1.88 bits per heavy atom. The number of hydrogen-bond donors (Lipinski definition) is 1. The molecule has 1 aromatic carbocycles. The Labute approximate surface area is 100 Å². The monoisotopic (exact) mass is 240 g/mol. The zero-order chi connectivity index (χ0) is 12.3. The number of aliphatic hydroxyl groups excluding tert-OH is 1. The van der Waals surface area contributed by atoms with Gasteiger partial charge in [0.1, 0.15) is 11.6 Å². The van der Waals surface area contributed by atoms with Crippen LogP contribution in [0.15, 0.2) is 18.2 Å². The highest BCUT2D eigenvalue weighted by atomic mass is 19.1. The van der Waals surface area contributed by atoms with Gasteiger partial charge in [-0.2, -0.15) is 0 Å². The molecule has 1 saturated carbocycles. The van der Waals surface area contributed by atoms with Gasteiger partial charge in [0.15, 0.2) is 0 Å².